The Hall–Kier alpha value is -0.260. The fourth-order valence-electron chi connectivity index (χ4n) is 1.07. The van der Waals surface area contributed by atoms with Crippen molar-refractivity contribution in [1.29, 1.82) is 0 Å². The predicted molar refractivity (Wildman–Crippen MR) is 32.4 cm³/mol. The Kier molecular flexibility index (Phi) is 2.13. The molecule has 1 heterocycles. The van der Waals surface area contributed by atoms with Gasteiger partial charge in [-0.1, -0.05) is 0 Å². The minimum Gasteiger partial charge on any atom is -0.390 e. The molecule has 2 N–H and O–H groups in total. The van der Waals surface area contributed by atoms with Gasteiger partial charge in [-0.05, 0) is 6.92 Å². The van der Waals surface area contributed by atoms with E-state index in [4.69, 9.17) is 10.2 Å². The molecule has 1 aliphatic rings. The predicted octanol–water partition coefficient (Wildman–Crippen LogP) is -0.238. The molecule has 0 saturated carbocycles. The van der Waals surface area contributed by atoms with E-state index in [0.717, 1.165) is 0 Å². The van der Waals surface area contributed by atoms with Crippen molar-refractivity contribution < 1.29 is 23.7 Å². The van der Waals surface area contributed by atoms with Gasteiger partial charge < -0.3 is 14.9 Å². The lowest BCUT2D eigenvalue weighted by molar-refractivity contribution is -0.193. The minimum atomic E-state index is -2.63. The van der Waals surface area contributed by atoms with E-state index in [9.17, 15) is 8.78 Å². The van der Waals surface area contributed by atoms with E-state index in [2.05, 4.69) is 4.74 Å². The first-order chi connectivity index (χ1) is 5.01. The van der Waals surface area contributed by atoms with E-state index in [1.807, 2.05) is 0 Å². The number of rotatable bonds is 1. The van der Waals surface area contributed by atoms with Gasteiger partial charge in [-0.25, -0.2) is 8.78 Å². The fourth-order valence-corrected chi connectivity index (χ4v) is 1.07. The third kappa shape index (κ3) is 1.23. The summed E-state index contributed by atoms with van der Waals surface area (Å²) >= 11 is 0. The van der Waals surface area contributed by atoms with Crippen LogP contribution in [0.15, 0.2) is 0 Å². The molecule has 4 atom stereocenters. The first-order valence-electron chi connectivity index (χ1n) is 3.31. The van der Waals surface area contributed by atoms with E-state index in [0.29, 0.717) is 0 Å². The van der Waals surface area contributed by atoms with Crippen LogP contribution in [-0.2, 0) is 4.74 Å². The third-order valence-corrected chi connectivity index (χ3v) is 1.79. The van der Waals surface area contributed by atoms with Gasteiger partial charge in [0.1, 0.15) is 12.7 Å². The minimum absolute atomic E-state index is 1.01. The van der Waals surface area contributed by atoms with Crippen LogP contribution in [0.4, 0.5) is 8.78 Å². The Balaban J connectivity index is 2.73. The van der Waals surface area contributed by atoms with E-state index in [1.54, 1.807) is 0 Å². The van der Waals surface area contributed by atoms with Gasteiger partial charge in [0, 0.05) is 0 Å². The molecule has 0 amide bonds. The number of alkyl halides is 2. The van der Waals surface area contributed by atoms with Gasteiger partial charge >= 0.3 is 0 Å². The summed E-state index contributed by atoms with van der Waals surface area (Å²) in [6.07, 6.45) is -4.67. The van der Waals surface area contributed by atoms with Gasteiger partial charge in [-0.3, -0.25) is 0 Å². The van der Waals surface area contributed by atoms with Gasteiger partial charge in [-0.2, -0.15) is 0 Å². The van der Waals surface area contributed by atoms with Crippen molar-refractivity contribution in [1.82, 2.24) is 0 Å². The Morgan fingerprint density at radius 3 is 2.36 bits per heavy atom. The molecule has 0 bridgehead atoms. The molecule has 0 aliphatic carbocycles. The summed E-state index contributed by atoms with van der Waals surface area (Å²) in [6.45, 7) is 0.268. The number of hydrogen-bond donors (Lipinski definition) is 2. The summed E-state index contributed by atoms with van der Waals surface area (Å²) in [5, 5.41) is 17.3. The monoisotopic (exact) mass is 168 g/mol. The zero-order valence-electron chi connectivity index (χ0n) is 6.00. The van der Waals surface area contributed by atoms with Crippen molar-refractivity contribution in [2.75, 3.05) is 6.61 Å². The first-order valence-corrected chi connectivity index (χ1v) is 3.31. The maximum Gasteiger partial charge on any atom is 0.261 e. The molecule has 1 rings (SSSR count). The van der Waals surface area contributed by atoms with Crippen molar-refractivity contribution in [3.05, 3.63) is 0 Å². The SMILES string of the molecule is C[C@@H]1O[C@](F)(CO)[C@@H](O)[C@H]1F. The summed E-state index contributed by atoms with van der Waals surface area (Å²) in [5.41, 5.74) is 0. The van der Waals surface area contributed by atoms with Gasteiger partial charge in [0.25, 0.3) is 5.85 Å². The Morgan fingerprint density at radius 1 is 1.64 bits per heavy atom. The highest BCUT2D eigenvalue weighted by molar-refractivity contribution is 4.93. The zero-order chi connectivity index (χ0) is 8.65. The lowest BCUT2D eigenvalue weighted by Crippen LogP contribution is -2.41. The average Bonchev–Trinajstić information content (AvgIpc) is 2.17. The van der Waals surface area contributed by atoms with Crippen LogP contribution in [0.1, 0.15) is 6.92 Å². The van der Waals surface area contributed by atoms with E-state index in [1.165, 1.54) is 6.92 Å². The van der Waals surface area contributed by atoms with Gasteiger partial charge in [0.2, 0.25) is 0 Å². The van der Waals surface area contributed by atoms with Crippen LogP contribution in [0.2, 0.25) is 0 Å². The lowest BCUT2D eigenvalue weighted by Gasteiger charge is -2.19. The highest BCUT2D eigenvalue weighted by Crippen LogP contribution is 2.33. The molecule has 1 fully saturated rings. The standard InChI is InChI=1S/C6H10F2O3/c1-3-4(7)5(10)6(8,2-9)11-3/h3-5,9-10H,2H2,1H3/t3-,4-,5-,6+/m0/s1. The molecule has 0 aromatic heterocycles. The normalized spacial score (nSPS) is 51.5. The molecular weight excluding hydrogens is 158 g/mol. The quantitative estimate of drug-likeness (QED) is 0.568. The number of ether oxygens (including phenoxy) is 1. The second kappa shape index (κ2) is 2.66. The first kappa shape index (κ1) is 8.83. The molecule has 11 heavy (non-hydrogen) atoms. The van der Waals surface area contributed by atoms with Gasteiger partial charge in [-0.15, -0.1) is 0 Å². The van der Waals surface area contributed by atoms with Crippen LogP contribution in [0, 0.1) is 0 Å². The van der Waals surface area contributed by atoms with Crippen molar-refractivity contribution >= 4 is 0 Å². The number of halogens is 2. The molecule has 0 aromatic carbocycles. The van der Waals surface area contributed by atoms with Crippen LogP contribution in [-0.4, -0.2) is 41.1 Å². The van der Waals surface area contributed by atoms with Gasteiger partial charge in [0.15, 0.2) is 6.17 Å². The second-order valence-corrected chi connectivity index (χ2v) is 2.66. The molecule has 66 valence electrons. The number of hydrogen-bond acceptors (Lipinski definition) is 3. The summed E-state index contributed by atoms with van der Waals surface area (Å²) in [6, 6.07) is 0. The van der Waals surface area contributed by atoms with Crippen molar-refractivity contribution in [3.8, 4) is 0 Å². The van der Waals surface area contributed by atoms with Crippen LogP contribution in [0.3, 0.4) is 0 Å². The Morgan fingerprint density at radius 2 is 2.18 bits per heavy atom. The molecule has 1 saturated heterocycles. The topological polar surface area (TPSA) is 49.7 Å². The summed E-state index contributed by atoms with van der Waals surface area (Å²) < 4.78 is 30.0. The maximum absolute atomic E-state index is 13.0. The highest BCUT2D eigenvalue weighted by Gasteiger charge is 2.54. The molecule has 3 nitrogen and oxygen atoms in total. The molecule has 0 aromatic rings. The largest absolute Gasteiger partial charge is 0.390 e. The second-order valence-electron chi connectivity index (χ2n) is 2.66. The summed E-state index contributed by atoms with van der Waals surface area (Å²) in [4.78, 5) is 0. The van der Waals surface area contributed by atoms with Crippen LogP contribution in [0.5, 0.6) is 0 Å². The van der Waals surface area contributed by atoms with Crippen LogP contribution >= 0.6 is 0 Å². The average molecular weight is 168 g/mol. The summed E-state index contributed by atoms with van der Waals surface area (Å²) in [7, 11) is 0. The molecule has 0 radical (unpaired) electrons. The fraction of sp³-hybridized carbons (Fsp3) is 1.00. The third-order valence-electron chi connectivity index (χ3n) is 1.79. The van der Waals surface area contributed by atoms with E-state index < -0.39 is 30.8 Å². The highest BCUT2D eigenvalue weighted by atomic mass is 19.2. The smallest absolute Gasteiger partial charge is 0.261 e. The van der Waals surface area contributed by atoms with Crippen molar-refractivity contribution in [3.63, 3.8) is 0 Å². The van der Waals surface area contributed by atoms with Crippen LogP contribution < -0.4 is 0 Å². The van der Waals surface area contributed by atoms with Crippen LogP contribution in [0.25, 0.3) is 0 Å². The molecule has 1 aliphatic heterocycles. The van der Waals surface area contributed by atoms with Gasteiger partial charge in [0.05, 0.1) is 6.10 Å². The lowest BCUT2D eigenvalue weighted by atomic mass is 10.1. The summed E-state index contributed by atoms with van der Waals surface area (Å²) in [5.74, 6) is -2.63. The Bertz CT molecular complexity index is 155. The number of aliphatic hydroxyl groups is 2. The maximum atomic E-state index is 13.0. The van der Waals surface area contributed by atoms with Crippen molar-refractivity contribution in [2.45, 2.75) is 31.2 Å². The number of aliphatic hydroxyl groups excluding tert-OH is 2. The van der Waals surface area contributed by atoms with Crippen molar-refractivity contribution in [2.24, 2.45) is 0 Å². The Labute approximate surface area is 62.6 Å². The van der Waals surface area contributed by atoms with E-state index in [-0.39, 0.29) is 0 Å². The molecule has 0 spiro atoms. The zero-order valence-corrected chi connectivity index (χ0v) is 6.00. The molecule has 5 heteroatoms. The molecular formula is C6H10F2O3. The molecule has 0 unspecified atom stereocenters. The van der Waals surface area contributed by atoms with E-state index >= 15 is 0 Å².